The number of esters is 1. The molecule has 110 valence electrons. The van der Waals surface area contributed by atoms with Gasteiger partial charge >= 0.3 is 5.97 Å². The minimum absolute atomic E-state index is 0.347. The van der Waals surface area contributed by atoms with Gasteiger partial charge in [0.2, 0.25) is 0 Å². The smallest absolute Gasteiger partial charge is 0.323 e. The number of thioether (sulfide) groups is 1. The highest BCUT2D eigenvalue weighted by atomic mass is 32.2. The van der Waals surface area contributed by atoms with Crippen LogP contribution in [0, 0.1) is 0 Å². The van der Waals surface area contributed by atoms with Crippen LogP contribution in [0.15, 0.2) is 5.16 Å². The summed E-state index contributed by atoms with van der Waals surface area (Å²) in [5.74, 6) is 1.85. The van der Waals surface area contributed by atoms with Crippen LogP contribution in [-0.2, 0) is 9.53 Å². The number of nitrogens with zero attached hydrogens (tertiary/aromatic N) is 3. The first-order valence-corrected chi connectivity index (χ1v) is 8.19. The first-order valence-electron chi connectivity index (χ1n) is 7.20. The Bertz CT molecular complexity index is 497. The van der Waals surface area contributed by atoms with Gasteiger partial charge in [0.05, 0.1) is 6.61 Å². The molecule has 1 heterocycles. The van der Waals surface area contributed by atoms with Gasteiger partial charge < -0.3 is 15.0 Å². The predicted molar refractivity (Wildman–Crippen MR) is 75.6 cm³/mol. The van der Waals surface area contributed by atoms with Gasteiger partial charge in [0.25, 0.3) is 0 Å². The van der Waals surface area contributed by atoms with Crippen LogP contribution < -0.4 is 5.73 Å². The molecule has 2 N–H and O–H groups in total. The molecular weight excluding hydrogens is 276 g/mol. The number of rotatable bonds is 7. The van der Waals surface area contributed by atoms with Gasteiger partial charge in [-0.05, 0) is 32.6 Å². The van der Waals surface area contributed by atoms with E-state index in [0.29, 0.717) is 24.3 Å². The standard InChI is InChI=1S/C13H20N4O2S/c1-2-19-12(18)10(14)7-20-13-16-15-11(8-3-4-8)17(13)9-5-6-9/h8-10H,2-7,14H2,1H3. The maximum atomic E-state index is 11.5. The first kappa shape index (κ1) is 13.9. The molecular formula is C13H20N4O2S. The summed E-state index contributed by atoms with van der Waals surface area (Å²) in [4.78, 5) is 11.5. The maximum Gasteiger partial charge on any atom is 0.323 e. The Morgan fingerprint density at radius 3 is 2.80 bits per heavy atom. The molecule has 2 saturated carbocycles. The molecule has 1 atom stereocenters. The van der Waals surface area contributed by atoms with Crippen LogP contribution in [0.5, 0.6) is 0 Å². The molecule has 1 aromatic rings. The monoisotopic (exact) mass is 296 g/mol. The average Bonchev–Trinajstić information content (AvgIpc) is 3.35. The van der Waals surface area contributed by atoms with E-state index in [1.54, 1.807) is 6.92 Å². The molecule has 1 unspecified atom stereocenters. The first-order chi connectivity index (χ1) is 9.70. The molecule has 0 aliphatic heterocycles. The van der Waals surface area contributed by atoms with Gasteiger partial charge in [0.15, 0.2) is 5.16 Å². The second-order valence-electron chi connectivity index (χ2n) is 5.39. The van der Waals surface area contributed by atoms with Crippen molar-refractivity contribution in [1.29, 1.82) is 0 Å². The van der Waals surface area contributed by atoms with Gasteiger partial charge in [-0.25, -0.2) is 0 Å². The number of aromatic nitrogens is 3. The van der Waals surface area contributed by atoms with Crippen molar-refractivity contribution in [3.05, 3.63) is 5.82 Å². The number of hydrogen-bond acceptors (Lipinski definition) is 6. The van der Waals surface area contributed by atoms with Crippen LogP contribution in [-0.4, -0.2) is 39.1 Å². The molecule has 3 rings (SSSR count). The van der Waals surface area contributed by atoms with E-state index in [4.69, 9.17) is 10.5 Å². The van der Waals surface area contributed by atoms with Gasteiger partial charge in [0.1, 0.15) is 11.9 Å². The lowest BCUT2D eigenvalue weighted by Gasteiger charge is -2.11. The lowest BCUT2D eigenvalue weighted by atomic mass is 10.4. The molecule has 6 nitrogen and oxygen atoms in total. The summed E-state index contributed by atoms with van der Waals surface area (Å²) in [6.45, 7) is 2.14. The minimum Gasteiger partial charge on any atom is -0.465 e. The van der Waals surface area contributed by atoms with E-state index in [0.717, 1.165) is 11.0 Å². The SMILES string of the molecule is CCOC(=O)C(N)CSc1nnc(C2CC2)n1C1CC1. The van der Waals surface area contributed by atoms with Crippen LogP contribution in [0.4, 0.5) is 0 Å². The second kappa shape index (κ2) is 5.73. The van der Waals surface area contributed by atoms with Crippen LogP contribution in [0.25, 0.3) is 0 Å². The number of carbonyl (C=O) groups is 1. The fourth-order valence-corrected chi connectivity index (χ4v) is 3.11. The molecule has 20 heavy (non-hydrogen) atoms. The fourth-order valence-electron chi connectivity index (χ4n) is 2.16. The van der Waals surface area contributed by atoms with Crippen molar-refractivity contribution >= 4 is 17.7 Å². The highest BCUT2D eigenvalue weighted by Crippen LogP contribution is 2.45. The summed E-state index contributed by atoms with van der Waals surface area (Å²) in [6.07, 6.45) is 4.85. The third-order valence-corrected chi connectivity index (χ3v) is 4.59. The third-order valence-electron chi connectivity index (χ3n) is 3.53. The summed E-state index contributed by atoms with van der Waals surface area (Å²) in [5, 5.41) is 9.52. The summed E-state index contributed by atoms with van der Waals surface area (Å²) in [7, 11) is 0. The van der Waals surface area contributed by atoms with E-state index in [1.807, 2.05) is 0 Å². The van der Waals surface area contributed by atoms with Crippen LogP contribution in [0.3, 0.4) is 0 Å². The van der Waals surface area contributed by atoms with E-state index in [2.05, 4.69) is 14.8 Å². The summed E-state index contributed by atoms with van der Waals surface area (Å²) in [5.41, 5.74) is 5.82. The van der Waals surface area contributed by atoms with Gasteiger partial charge in [-0.3, -0.25) is 4.79 Å². The Hall–Kier alpha value is -1.08. The Kier molecular flexibility index (Phi) is 3.98. The molecule has 2 fully saturated rings. The minimum atomic E-state index is -0.603. The lowest BCUT2D eigenvalue weighted by Crippen LogP contribution is -2.34. The third kappa shape index (κ3) is 2.98. The van der Waals surface area contributed by atoms with E-state index < -0.39 is 6.04 Å². The highest BCUT2D eigenvalue weighted by Gasteiger charge is 2.36. The number of ether oxygens (including phenoxy) is 1. The topological polar surface area (TPSA) is 83.0 Å². The van der Waals surface area contributed by atoms with Crippen LogP contribution in [0.2, 0.25) is 0 Å². The zero-order chi connectivity index (χ0) is 14.1. The molecule has 7 heteroatoms. The molecule has 0 aromatic carbocycles. The molecule has 0 amide bonds. The fraction of sp³-hybridized carbons (Fsp3) is 0.769. The van der Waals surface area contributed by atoms with Gasteiger partial charge in [-0.2, -0.15) is 0 Å². The number of nitrogens with two attached hydrogens (primary N) is 1. The van der Waals surface area contributed by atoms with E-state index in [1.165, 1.54) is 37.4 Å². The number of carbonyl (C=O) groups excluding carboxylic acids is 1. The second-order valence-corrected chi connectivity index (χ2v) is 6.37. The Morgan fingerprint density at radius 1 is 1.45 bits per heavy atom. The summed E-state index contributed by atoms with van der Waals surface area (Å²) >= 11 is 1.51. The molecule has 2 aliphatic carbocycles. The van der Waals surface area contributed by atoms with Crippen LogP contribution >= 0.6 is 11.8 Å². The Balaban J connectivity index is 1.64. The summed E-state index contributed by atoms with van der Waals surface area (Å²) < 4.78 is 7.18. The van der Waals surface area contributed by atoms with Crippen molar-refractivity contribution in [1.82, 2.24) is 14.8 Å². The van der Waals surface area contributed by atoms with Gasteiger partial charge in [-0.1, -0.05) is 11.8 Å². The van der Waals surface area contributed by atoms with Gasteiger partial charge in [-0.15, -0.1) is 10.2 Å². The Labute approximate surface area is 122 Å². The zero-order valence-electron chi connectivity index (χ0n) is 11.6. The van der Waals surface area contributed by atoms with Crippen molar-refractivity contribution in [3.63, 3.8) is 0 Å². The van der Waals surface area contributed by atoms with Crippen molar-refractivity contribution in [3.8, 4) is 0 Å². The predicted octanol–water partition coefficient (Wildman–Crippen LogP) is 1.47. The van der Waals surface area contributed by atoms with Gasteiger partial charge in [0, 0.05) is 17.7 Å². The molecule has 0 bridgehead atoms. The lowest BCUT2D eigenvalue weighted by molar-refractivity contribution is -0.144. The molecule has 2 aliphatic rings. The average molecular weight is 296 g/mol. The quantitative estimate of drug-likeness (QED) is 0.606. The van der Waals surface area contributed by atoms with Crippen molar-refractivity contribution in [2.75, 3.05) is 12.4 Å². The van der Waals surface area contributed by atoms with Crippen molar-refractivity contribution in [2.45, 2.75) is 55.8 Å². The maximum absolute atomic E-state index is 11.5. The highest BCUT2D eigenvalue weighted by molar-refractivity contribution is 7.99. The van der Waals surface area contributed by atoms with Crippen molar-refractivity contribution in [2.24, 2.45) is 5.73 Å². The summed E-state index contributed by atoms with van der Waals surface area (Å²) in [6, 6.07) is -0.0457. The molecule has 0 spiro atoms. The zero-order valence-corrected chi connectivity index (χ0v) is 12.4. The molecule has 1 aromatic heterocycles. The van der Waals surface area contributed by atoms with Crippen LogP contribution in [0.1, 0.15) is 50.4 Å². The van der Waals surface area contributed by atoms with E-state index in [9.17, 15) is 4.79 Å². The normalized spacial score (nSPS) is 19.9. The van der Waals surface area contributed by atoms with E-state index in [-0.39, 0.29) is 5.97 Å². The van der Waals surface area contributed by atoms with E-state index >= 15 is 0 Å². The number of hydrogen-bond donors (Lipinski definition) is 1. The van der Waals surface area contributed by atoms with Crippen molar-refractivity contribution < 1.29 is 9.53 Å². The molecule has 0 saturated heterocycles. The largest absolute Gasteiger partial charge is 0.465 e. The molecule has 0 radical (unpaired) electrons. The Morgan fingerprint density at radius 2 is 2.20 bits per heavy atom.